The van der Waals surface area contributed by atoms with Crippen molar-refractivity contribution in [2.75, 3.05) is 33.4 Å². The van der Waals surface area contributed by atoms with Gasteiger partial charge in [0.2, 0.25) is 0 Å². The van der Waals surface area contributed by atoms with E-state index in [0.29, 0.717) is 41.2 Å². The van der Waals surface area contributed by atoms with Crippen molar-refractivity contribution in [1.82, 2.24) is 10.6 Å². The minimum absolute atomic E-state index is 0.147. The van der Waals surface area contributed by atoms with Crippen LogP contribution in [-0.4, -0.2) is 38.5 Å². The molecular weight excluding hydrogens is 455 g/mol. The summed E-state index contributed by atoms with van der Waals surface area (Å²) in [4.78, 5) is 0. The molecule has 0 saturated heterocycles. The molecule has 0 aromatic heterocycles. The van der Waals surface area contributed by atoms with Crippen LogP contribution in [0.4, 0.5) is 0 Å². The van der Waals surface area contributed by atoms with E-state index in [9.17, 15) is 0 Å². The number of hydrogen-bond donors (Lipinski definition) is 3. The van der Waals surface area contributed by atoms with Crippen molar-refractivity contribution in [2.24, 2.45) is 0 Å². The van der Waals surface area contributed by atoms with E-state index < -0.39 is 0 Å². The fourth-order valence-corrected chi connectivity index (χ4v) is 3.34. The van der Waals surface area contributed by atoms with Crippen molar-refractivity contribution in [3.63, 3.8) is 0 Å². The molecule has 27 heavy (non-hydrogen) atoms. The molecule has 2 rings (SSSR count). The van der Waals surface area contributed by atoms with Gasteiger partial charge in [-0.2, -0.15) is 0 Å². The van der Waals surface area contributed by atoms with Crippen molar-refractivity contribution < 1.29 is 14.6 Å². The topological polar surface area (TPSA) is 62.8 Å². The molecule has 3 N–H and O–H groups in total. The average Bonchev–Trinajstić information content (AvgIpc) is 2.66. The minimum Gasteiger partial charge on any atom is -0.493 e. The van der Waals surface area contributed by atoms with Crippen LogP contribution in [0.1, 0.15) is 11.1 Å². The Kier molecular flexibility index (Phi) is 9.68. The molecule has 0 spiro atoms. The molecule has 148 valence electrons. The van der Waals surface area contributed by atoms with E-state index in [1.807, 2.05) is 18.2 Å². The van der Waals surface area contributed by atoms with Crippen LogP contribution >= 0.6 is 39.1 Å². The number of aliphatic hydroxyl groups is 1. The number of methoxy groups -OCH3 is 1. The zero-order valence-electron chi connectivity index (χ0n) is 15.0. The van der Waals surface area contributed by atoms with Crippen molar-refractivity contribution in [3.05, 3.63) is 56.0 Å². The summed E-state index contributed by atoms with van der Waals surface area (Å²) in [6.45, 7) is 3.39. The second-order valence-electron chi connectivity index (χ2n) is 5.80. The van der Waals surface area contributed by atoms with Gasteiger partial charge in [0.1, 0.15) is 6.61 Å². The number of rotatable bonds is 11. The van der Waals surface area contributed by atoms with Gasteiger partial charge in [0.25, 0.3) is 0 Å². The number of hydrogen-bond acceptors (Lipinski definition) is 5. The van der Waals surface area contributed by atoms with Crippen LogP contribution in [0.25, 0.3) is 0 Å². The van der Waals surface area contributed by atoms with Crippen molar-refractivity contribution >= 4 is 39.1 Å². The lowest BCUT2D eigenvalue weighted by molar-refractivity contribution is 0.282. The Morgan fingerprint density at radius 2 is 1.78 bits per heavy atom. The normalized spacial score (nSPS) is 10.9. The van der Waals surface area contributed by atoms with E-state index in [0.717, 1.165) is 28.7 Å². The van der Waals surface area contributed by atoms with Gasteiger partial charge in [-0.25, -0.2) is 0 Å². The van der Waals surface area contributed by atoms with Crippen LogP contribution < -0.4 is 20.1 Å². The van der Waals surface area contributed by atoms with Crippen molar-refractivity contribution in [1.29, 1.82) is 0 Å². The SMILES string of the molecule is COc1cc(CNCCNCCO)cc(Br)c1OCc1ccc(Cl)c(Cl)c1. The van der Waals surface area contributed by atoms with E-state index in [4.69, 9.17) is 37.8 Å². The minimum atomic E-state index is 0.147. The lowest BCUT2D eigenvalue weighted by atomic mass is 10.2. The fourth-order valence-electron chi connectivity index (χ4n) is 2.41. The third-order valence-electron chi connectivity index (χ3n) is 3.75. The molecule has 0 unspecified atom stereocenters. The van der Waals surface area contributed by atoms with Gasteiger partial charge in [-0.3, -0.25) is 0 Å². The van der Waals surface area contributed by atoms with Gasteiger partial charge in [-0.05, 0) is 51.3 Å². The molecule has 0 aliphatic carbocycles. The maximum absolute atomic E-state index is 8.73. The first-order valence-electron chi connectivity index (χ1n) is 8.50. The molecule has 0 amide bonds. The molecule has 8 heteroatoms. The number of aliphatic hydroxyl groups excluding tert-OH is 1. The molecule has 0 aliphatic rings. The predicted molar refractivity (Wildman–Crippen MR) is 113 cm³/mol. The van der Waals surface area contributed by atoms with Gasteiger partial charge in [0.15, 0.2) is 11.5 Å². The summed E-state index contributed by atoms with van der Waals surface area (Å²) in [6.07, 6.45) is 0. The van der Waals surface area contributed by atoms with E-state index in [1.165, 1.54) is 0 Å². The molecule has 0 fully saturated rings. The van der Waals surface area contributed by atoms with Crippen LogP contribution in [0.15, 0.2) is 34.8 Å². The first-order valence-corrected chi connectivity index (χ1v) is 10.1. The highest BCUT2D eigenvalue weighted by molar-refractivity contribution is 9.10. The first-order chi connectivity index (χ1) is 13.0. The highest BCUT2D eigenvalue weighted by atomic mass is 79.9. The average molecular weight is 478 g/mol. The number of halogens is 3. The summed E-state index contributed by atoms with van der Waals surface area (Å²) < 4.78 is 12.2. The van der Waals surface area contributed by atoms with Crippen LogP contribution in [0, 0.1) is 0 Å². The van der Waals surface area contributed by atoms with Crippen LogP contribution in [0.3, 0.4) is 0 Å². The summed E-state index contributed by atoms with van der Waals surface area (Å²) in [7, 11) is 1.61. The lowest BCUT2D eigenvalue weighted by Gasteiger charge is -2.15. The van der Waals surface area contributed by atoms with Crippen molar-refractivity contribution in [2.45, 2.75) is 13.2 Å². The predicted octanol–water partition coefficient (Wildman–Crippen LogP) is 4.02. The largest absolute Gasteiger partial charge is 0.493 e. The van der Waals surface area contributed by atoms with Gasteiger partial charge in [-0.15, -0.1) is 0 Å². The van der Waals surface area contributed by atoms with Crippen LogP contribution in [-0.2, 0) is 13.2 Å². The monoisotopic (exact) mass is 476 g/mol. The molecule has 5 nitrogen and oxygen atoms in total. The summed E-state index contributed by atoms with van der Waals surface area (Å²) in [5, 5.41) is 16.2. The van der Waals surface area contributed by atoms with Gasteiger partial charge in [0, 0.05) is 26.2 Å². The molecule has 0 bridgehead atoms. The summed E-state index contributed by atoms with van der Waals surface area (Å²) >= 11 is 15.6. The van der Waals surface area contributed by atoms with E-state index >= 15 is 0 Å². The second-order valence-corrected chi connectivity index (χ2v) is 7.47. The Bertz CT molecular complexity index is 747. The molecular formula is C19H23BrCl2N2O3. The Balaban J connectivity index is 1.97. The molecule has 0 saturated carbocycles. The van der Waals surface area contributed by atoms with Gasteiger partial charge in [-0.1, -0.05) is 29.3 Å². The van der Waals surface area contributed by atoms with E-state index in [-0.39, 0.29) is 6.61 Å². The highest BCUT2D eigenvalue weighted by Crippen LogP contribution is 2.37. The molecule has 0 aliphatic heterocycles. The van der Waals surface area contributed by atoms with Crippen molar-refractivity contribution in [3.8, 4) is 11.5 Å². The number of benzene rings is 2. The third-order valence-corrected chi connectivity index (χ3v) is 5.08. The third kappa shape index (κ3) is 7.14. The zero-order chi connectivity index (χ0) is 19.6. The summed E-state index contributed by atoms with van der Waals surface area (Å²) in [6, 6.07) is 9.36. The first kappa shape index (κ1) is 22.3. The second kappa shape index (κ2) is 11.7. The molecule has 0 radical (unpaired) electrons. The standard InChI is InChI=1S/C19H23BrCl2N2O3/c1-26-18-10-14(11-24-5-4-23-6-7-25)8-15(20)19(18)27-12-13-2-3-16(21)17(22)9-13/h2-3,8-10,23-25H,4-7,11-12H2,1H3. The smallest absolute Gasteiger partial charge is 0.175 e. The van der Waals surface area contributed by atoms with Gasteiger partial charge >= 0.3 is 0 Å². The maximum Gasteiger partial charge on any atom is 0.175 e. The summed E-state index contributed by atoms with van der Waals surface area (Å²) in [5.41, 5.74) is 1.99. The Labute approximate surface area is 178 Å². The van der Waals surface area contributed by atoms with Crippen LogP contribution in [0.2, 0.25) is 10.0 Å². The van der Waals surface area contributed by atoms with Crippen LogP contribution in [0.5, 0.6) is 11.5 Å². The summed E-state index contributed by atoms with van der Waals surface area (Å²) in [5.74, 6) is 1.29. The lowest BCUT2D eigenvalue weighted by Crippen LogP contribution is -2.28. The molecule has 2 aromatic carbocycles. The maximum atomic E-state index is 8.73. The highest BCUT2D eigenvalue weighted by Gasteiger charge is 2.12. The molecule has 0 atom stereocenters. The van der Waals surface area contributed by atoms with E-state index in [2.05, 4.69) is 26.6 Å². The van der Waals surface area contributed by atoms with E-state index in [1.54, 1.807) is 19.2 Å². The quantitative estimate of drug-likeness (QED) is 0.427. The number of nitrogens with one attached hydrogen (secondary N) is 2. The Morgan fingerprint density at radius 1 is 1.00 bits per heavy atom. The Morgan fingerprint density at radius 3 is 2.48 bits per heavy atom. The Hall–Kier alpha value is -1.02. The van der Waals surface area contributed by atoms with Gasteiger partial charge in [0.05, 0.1) is 28.2 Å². The molecule has 2 aromatic rings. The van der Waals surface area contributed by atoms with Gasteiger partial charge < -0.3 is 25.2 Å². The molecule has 0 heterocycles. The number of ether oxygens (including phenoxy) is 2. The zero-order valence-corrected chi connectivity index (χ0v) is 18.1. The fraction of sp³-hybridized carbons (Fsp3) is 0.368.